The van der Waals surface area contributed by atoms with E-state index in [1.54, 1.807) is 18.3 Å². The van der Waals surface area contributed by atoms with E-state index >= 15 is 0 Å². The third-order valence-corrected chi connectivity index (χ3v) is 2.96. The van der Waals surface area contributed by atoms with Crippen molar-refractivity contribution in [3.8, 4) is 0 Å². The molecule has 3 aromatic heterocycles. The third kappa shape index (κ3) is 2.40. The van der Waals surface area contributed by atoms with Gasteiger partial charge in [0.1, 0.15) is 0 Å². The summed E-state index contributed by atoms with van der Waals surface area (Å²) >= 11 is 0. The minimum Gasteiger partial charge on any atom is -0.464 e. The summed E-state index contributed by atoms with van der Waals surface area (Å²) in [5.74, 6) is -0.550. The lowest BCUT2D eigenvalue weighted by Crippen LogP contribution is -2.23. The molecule has 0 saturated carbocycles. The van der Waals surface area contributed by atoms with Crippen LogP contribution in [0.4, 0.5) is 0 Å². The molecule has 0 bridgehead atoms. The first kappa shape index (κ1) is 13.0. The Labute approximate surface area is 118 Å². The minimum atomic E-state index is -0.550. The van der Waals surface area contributed by atoms with Gasteiger partial charge < -0.3 is 4.74 Å². The SMILES string of the molecule is COC(=O)c1cn(CCn2nc3ccccn3c2=O)nn1. The average molecular weight is 288 g/mol. The molecule has 0 N–H and O–H groups in total. The Morgan fingerprint density at radius 1 is 1.33 bits per heavy atom. The monoisotopic (exact) mass is 288 g/mol. The van der Waals surface area contributed by atoms with Crippen LogP contribution in [0.15, 0.2) is 35.4 Å². The van der Waals surface area contributed by atoms with Gasteiger partial charge in [0.15, 0.2) is 11.3 Å². The number of aromatic nitrogens is 6. The molecule has 0 spiro atoms. The van der Waals surface area contributed by atoms with E-state index in [2.05, 4.69) is 20.1 Å². The molecule has 9 heteroatoms. The number of carbonyl (C=O) groups is 1. The lowest BCUT2D eigenvalue weighted by Gasteiger charge is -1.98. The number of ether oxygens (including phenoxy) is 1. The third-order valence-electron chi connectivity index (χ3n) is 2.96. The summed E-state index contributed by atoms with van der Waals surface area (Å²) in [5, 5.41) is 11.7. The zero-order valence-corrected chi connectivity index (χ0v) is 11.2. The van der Waals surface area contributed by atoms with E-state index in [9.17, 15) is 9.59 Å². The van der Waals surface area contributed by atoms with Crippen molar-refractivity contribution in [2.75, 3.05) is 7.11 Å². The van der Waals surface area contributed by atoms with E-state index in [1.165, 1.54) is 27.1 Å². The second-order valence-corrected chi connectivity index (χ2v) is 4.29. The van der Waals surface area contributed by atoms with E-state index in [0.29, 0.717) is 18.7 Å². The number of hydrogen-bond acceptors (Lipinski definition) is 6. The number of aryl methyl sites for hydroxylation is 2. The molecule has 0 unspecified atom stereocenters. The highest BCUT2D eigenvalue weighted by Crippen LogP contribution is 1.98. The Morgan fingerprint density at radius 3 is 2.95 bits per heavy atom. The Hall–Kier alpha value is -2.97. The molecule has 0 amide bonds. The summed E-state index contributed by atoms with van der Waals surface area (Å²) in [7, 11) is 1.28. The highest BCUT2D eigenvalue weighted by molar-refractivity contribution is 5.86. The van der Waals surface area contributed by atoms with Crippen LogP contribution < -0.4 is 5.69 Å². The second-order valence-electron chi connectivity index (χ2n) is 4.29. The molecule has 0 aliphatic heterocycles. The maximum Gasteiger partial charge on any atom is 0.360 e. The molecule has 0 aliphatic carbocycles. The fourth-order valence-electron chi connectivity index (χ4n) is 1.92. The summed E-state index contributed by atoms with van der Waals surface area (Å²) in [6.45, 7) is 0.693. The van der Waals surface area contributed by atoms with Gasteiger partial charge in [-0.3, -0.25) is 4.40 Å². The minimum absolute atomic E-state index is 0.125. The van der Waals surface area contributed by atoms with Crippen LogP contribution >= 0.6 is 0 Å². The maximum atomic E-state index is 12.1. The van der Waals surface area contributed by atoms with Crippen LogP contribution in [0.1, 0.15) is 10.5 Å². The van der Waals surface area contributed by atoms with Gasteiger partial charge in [-0.25, -0.2) is 19.0 Å². The highest BCUT2D eigenvalue weighted by atomic mass is 16.5. The standard InChI is InChI=1S/C12H12N6O3/c1-21-11(19)9-8-16(15-13-9)6-7-18-12(20)17-5-3-2-4-10(17)14-18/h2-5,8H,6-7H2,1H3. The lowest BCUT2D eigenvalue weighted by atomic mass is 10.5. The first-order valence-corrected chi connectivity index (χ1v) is 6.21. The van der Waals surface area contributed by atoms with Crippen molar-refractivity contribution in [3.05, 3.63) is 46.8 Å². The molecule has 9 nitrogen and oxygen atoms in total. The summed E-state index contributed by atoms with van der Waals surface area (Å²) in [4.78, 5) is 23.3. The quantitative estimate of drug-likeness (QED) is 0.605. The number of fused-ring (bicyclic) bond motifs is 1. The van der Waals surface area contributed by atoms with Crippen molar-refractivity contribution >= 4 is 11.6 Å². The second kappa shape index (κ2) is 5.19. The van der Waals surface area contributed by atoms with Gasteiger partial charge >= 0.3 is 11.7 Å². The van der Waals surface area contributed by atoms with E-state index in [0.717, 1.165) is 0 Å². The number of carbonyl (C=O) groups excluding carboxylic acids is 1. The van der Waals surface area contributed by atoms with Crippen LogP contribution in [-0.2, 0) is 17.8 Å². The van der Waals surface area contributed by atoms with Crippen LogP contribution in [0, 0.1) is 0 Å². The Kier molecular flexibility index (Phi) is 3.22. The summed E-state index contributed by atoms with van der Waals surface area (Å²) in [5.41, 5.74) is 0.482. The van der Waals surface area contributed by atoms with Gasteiger partial charge in [0.05, 0.1) is 26.4 Å². The fraction of sp³-hybridized carbons (Fsp3) is 0.250. The van der Waals surface area contributed by atoms with Crippen LogP contribution in [0.25, 0.3) is 5.65 Å². The average Bonchev–Trinajstić information content (AvgIpc) is 3.10. The van der Waals surface area contributed by atoms with Gasteiger partial charge in [0, 0.05) is 6.20 Å². The van der Waals surface area contributed by atoms with Crippen molar-refractivity contribution in [2.45, 2.75) is 13.1 Å². The van der Waals surface area contributed by atoms with Crippen LogP contribution in [0.5, 0.6) is 0 Å². The molecular formula is C12H12N6O3. The Morgan fingerprint density at radius 2 is 2.19 bits per heavy atom. The number of nitrogens with zero attached hydrogens (tertiary/aromatic N) is 6. The fourth-order valence-corrected chi connectivity index (χ4v) is 1.92. The van der Waals surface area contributed by atoms with Gasteiger partial charge in [0.25, 0.3) is 0 Å². The summed E-state index contributed by atoms with van der Waals surface area (Å²) < 4.78 is 8.81. The molecule has 3 aromatic rings. The molecule has 0 atom stereocenters. The first-order valence-electron chi connectivity index (χ1n) is 6.21. The van der Waals surface area contributed by atoms with E-state index in [1.807, 2.05) is 6.07 Å². The van der Waals surface area contributed by atoms with Crippen LogP contribution in [0.3, 0.4) is 0 Å². The van der Waals surface area contributed by atoms with Crippen LogP contribution in [-0.4, -0.2) is 42.3 Å². The van der Waals surface area contributed by atoms with Crippen molar-refractivity contribution in [1.29, 1.82) is 0 Å². The van der Waals surface area contributed by atoms with Gasteiger partial charge in [-0.15, -0.1) is 10.2 Å². The zero-order valence-electron chi connectivity index (χ0n) is 11.2. The maximum absolute atomic E-state index is 12.1. The number of pyridine rings is 1. The molecule has 0 aromatic carbocycles. The topological polar surface area (TPSA) is 96.3 Å². The van der Waals surface area contributed by atoms with Crippen LogP contribution in [0.2, 0.25) is 0 Å². The number of hydrogen-bond donors (Lipinski definition) is 0. The molecule has 3 heterocycles. The van der Waals surface area contributed by atoms with Gasteiger partial charge in [0.2, 0.25) is 0 Å². The van der Waals surface area contributed by atoms with Crippen molar-refractivity contribution < 1.29 is 9.53 Å². The summed E-state index contributed by atoms with van der Waals surface area (Å²) in [6.07, 6.45) is 3.12. The Bertz CT molecular complexity index is 846. The molecule has 0 radical (unpaired) electrons. The van der Waals surface area contributed by atoms with Crippen molar-refractivity contribution in [2.24, 2.45) is 0 Å². The lowest BCUT2D eigenvalue weighted by molar-refractivity contribution is 0.0594. The van der Waals surface area contributed by atoms with Gasteiger partial charge in [-0.1, -0.05) is 11.3 Å². The normalized spacial score (nSPS) is 10.9. The van der Waals surface area contributed by atoms with Crippen molar-refractivity contribution in [3.63, 3.8) is 0 Å². The molecule has 0 aliphatic rings. The molecule has 108 valence electrons. The number of methoxy groups -OCH3 is 1. The number of rotatable bonds is 4. The van der Waals surface area contributed by atoms with E-state index < -0.39 is 5.97 Å². The van der Waals surface area contributed by atoms with Gasteiger partial charge in [-0.05, 0) is 12.1 Å². The molecule has 21 heavy (non-hydrogen) atoms. The van der Waals surface area contributed by atoms with Crippen molar-refractivity contribution in [1.82, 2.24) is 29.2 Å². The van der Waals surface area contributed by atoms with E-state index in [4.69, 9.17) is 0 Å². The predicted molar refractivity (Wildman–Crippen MR) is 70.8 cm³/mol. The van der Waals surface area contributed by atoms with E-state index in [-0.39, 0.29) is 11.4 Å². The molecule has 3 rings (SSSR count). The molecular weight excluding hydrogens is 276 g/mol. The number of esters is 1. The van der Waals surface area contributed by atoms with Gasteiger partial charge in [-0.2, -0.15) is 0 Å². The first-order chi connectivity index (χ1) is 10.2. The predicted octanol–water partition coefficient (Wildman–Crippen LogP) is -0.426. The summed E-state index contributed by atoms with van der Waals surface area (Å²) in [6, 6.07) is 5.33. The smallest absolute Gasteiger partial charge is 0.360 e. The highest BCUT2D eigenvalue weighted by Gasteiger charge is 2.11. The largest absolute Gasteiger partial charge is 0.464 e. The Balaban J connectivity index is 1.77. The zero-order chi connectivity index (χ0) is 14.8. The molecule has 0 saturated heterocycles. The molecule has 0 fully saturated rings.